The fourth-order valence-corrected chi connectivity index (χ4v) is 2.59. The van der Waals surface area contributed by atoms with Gasteiger partial charge in [-0.3, -0.25) is 9.69 Å². The minimum absolute atomic E-state index is 0.0385. The van der Waals surface area contributed by atoms with Crippen LogP contribution in [-0.4, -0.2) is 43.5 Å². The van der Waals surface area contributed by atoms with Crippen LogP contribution in [0.4, 0.5) is 5.69 Å². The van der Waals surface area contributed by atoms with Gasteiger partial charge in [0.25, 0.3) is 0 Å². The first kappa shape index (κ1) is 15.4. The largest absolute Gasteiger partial charge is 0.382 e. The van der Waals surface area contributed by atoms with Crippen molar-refractivity contribution < 1.29 is 4.79 Å². The lowest BCUT2D eigenvalue weighted by Gasteiger charge is -2.31. The van der Waals surface area contributed by atoms with E-state index < -0.39 is 0 Å². The first-order valence-corrected chi connectivity index (χ1v) is 7.43. The Hall–Kier alpha value is -1.99. The van der Waals surface area contributed by atoms with Crippen LogP contribution >= 0.6 is 0 Å². The normalized spacial score (nSPS) is 16.2. The highest BCUT2D eigenvalue weighted by Crippen LogP contribution is 2.17. The number of nitrogens with zero attached hydrogens (tertiary/aromatic N) is 1. The summed E-state index contributed by atoms with van der Waals surface area (Å²) in [7, 11) is 1.66. The van der Waals surface area contributed by atoms with Crippen molar-refractivity contribution in [2.75, 3.05) is 32.0 Å². The molecule has 1 aromatic rings. The standard InChI is InChI=1S/C17H23N3O/c1-3-10-20-11-8-16(9-12-20)19-15-6-4-14(5-7-15)13-17(21)18-2/h1,4-7,16,19H,8-13H2,2H3,(H,18,21). The van der Waals surface area contributed by atoms with Gasteiger partial charge in [0.2, 0.25) is 5.91 Å². The van der Waals surface area contributed by atoms with Gasteiger partial charge in [-0.1, -0.05) is 18.1 Å². The summed E-state index contributed by atoms with van der Waals surface area (Å²) in [5, 5.41) is 6.19. The molecule has 0 unspecified atom stereocenters. The third kappa shape index (κ3) is 4.80. The number of likely N-dealkylation sites (N-methyl/N-ethyl adjacent to an activating group) is 1. The molecule has 4 nitrogen and oxygen atoms in total. The van der Waals surface area contributed by atoms with Crippen molar-refractivity contribution >= 4 is 11.6 Å². The van der Waals surface area contributed by atoms with Crippen LogP contribution in [0.25, 0.3) is 0 Å². The Bertz CT molecular complexity index is 496. The van der Waals surface area contributed by atoms with Crippen LogP contribution in [0.2, 0.25) is 0 Å². The summed E-state index contributed by atoms with van der Waals surface area (Å²) in [6.45, 7) is 2.86. The lowest BCUT2D eigenvalue weighted by molar-refractivity contribution is -0.119. The second kappa shape index (κ2) is 7.70. The summed E-state index contributed by atoms with van der Waals surface area (Å²) in [6.07, 6.45) is 8.00. The molecule has 0 spiro atoms. The van der Waals surface area contributed by atoms with E-state index in [-0.39, 0.29) is 5.91 Å². The number of carbonyl (C=O) groups is 1. The number of hydrogen-bond acceptors (Lipinski definition) is 3. The Morgan fingerprint density at radius 1 is 1.33 bits per heavy atom. The quantitative estimate of drug-likeness (QED) is 0.806. The molecular formula is C17H23N3O. The van der Waals surface area contributed by atoms with Crippen LogP contribution in [0.3, 0.4) is 0 Å². The molecule has 0 bridgehead atoms. The predicted octanol–water partition coefficient (Wildman–Crippen LogP) is 1.48. The number of nitrogens with one attached hydrogen (secondary N) is 2. The van der Waals surface area contributed by atoms with Gasteiger partial charge in [0.15, 0.2) is 0 Å². The second-order valence-electron chi connectivity index (χ2n) is 5.45. The molecule has 1 heterocycles. The van der Waals surface area contributed by atoms with E-state index in [4.69, 9.17) is 6.42 Å². The van der Waals surface area contributed by atoms with E-state index in [0.29, 0.717) is 12.5 Å². The average Bonchev–Trinajstić information content (AvgIpc) is 2.51. The van der Waals surface area contributed by atoms with Crippen LogP contribution in [0.1, 0.15) is 18.4 Å². The zero-order valence-corrected chi connectivity index (χ0v) is 12.6. The predicted molar refractivity (Wildman–Crippen MR) is 86.1 cm³/mol. The molecule has 0 aliphatic carbocycles. The number of hydrogen-bond donors (Lipinski definition) is 2. The Morgan fingerprint density at radius 2 is 2.00 bits per heavy atom. The Morgan fingerprint density at radius 3 is 2.57 bits per heavy atom. The van der Waals surface area contributed by atoms with Crippen LogP contribution in [0.15, 0.2) is 24.3 Å². The van der Waals surface area contributed by atoms with Crippen molar-refractivity contribution in [1.29, 1.82) is 0 Å². The highest BCUT2D eigenvalue weighted by molar-refractivity contribution is 5.78. The average molecular weight is 285 g/mol. The smallest absolute Gasteiger partial charge is 0.224 e. The van der Waals surface area contributed by atoms with Crippen molar-refractivity contribution in [2.45, 2.75) is 25.3 Å². The van der Waals surface area contributed by atoms with Gasteiger partial charge in [-0.05, 0) is 30.5 Å². The summed E-state index contributed by atoms with van der Waals surface area (Å²) in [5.41, 5.74) is 2.15. The number of likely N-dealkylation sites (tertiary alicyclic amines) is 1. The maximum Gasteiger partial charge on any atom is 0.224 e. The van der Waals surface area contributed by atoms with Gasteiger partial charge in [-0.2, -0.15) is 0 Å². The third-order valence-corrected chi connectivity index (χ3v) is 3.87. The van der Waals surface area contributed by atoms with Crippen molar-refractivity contribution in [3.8, 4) is 12.3 Å². The topological polar surface area (TPSA) is 44.4 Å². The molecule has 1 aliphatic heterocycles. The highest BCUT2D eigenvalue weighted by Gasteiger charge is 2.18. The third-order valence-electron chi connectivity index (χ3n) is 3.87. The fraction of sp³-hybridized carbons (Fsp3) is 0.471. The number of terminal acetylenes is 1. The number of amides is 1. The zero-order chi connectivity index (χ0) is 15.1. The molecule has 1 fully saturated rings. The van der Waals surface area contributed by atoms with Crippen LogP contribution in [-0.2, 0) is 11.2 Å². The molecule has 0 aromatic heterocycles. The lowest BCUT2D eigenvalue weighted by Crippen LogP contribution is -2.39. The summed E-state index contributed by atoms with van der Waals surface area (Å²) in [5.74, 6) is 2.74. The number of benzene rings is 1. The molecule has 2 N–H and O–H groups in total. The van der Waals surface area contributed by atoms with E-state index >= 15 is 0 Å². The van der Waals surface area contributed by atoms with Gasteiger partial charge in [0, 0.05) is 31.9 Å². The van der Waals surface area contributed by atoms with Crippen LogP contribution in [0.5, 0.6) is 0 Å². The highest BCUT2D eigenvalue weighted by atomic mass is 16.1. The summed E-state index contributed by atoms with van der Waals surface area (Å²) >= 11 is 0. The van der Waals surface area contributed by atoms with Crippen molar-refractivity contribution in [2.24, 2.45) is 0 Å². The summed E-state index contributed by atoms with van der Waals surface area (Å²) < 4.78 is 0. The zero-order valence-electron chi connectivity index (χ0n) is 12.6. The molecule has 2 rings (SSSR count). The van der Waals surface area contributed by atoms with Gasteiger partial charge in [0.05, 0.1) is 13.0 Å². The first-order valence-electron chi connectivity index (χ1n) is 7.43. The fourth-order valence-electron chi connectivity index (χ4n) is 2.59. The van der Waals surface area contributed by atoms with E-state index in [0.717, 1.165) is 43.7 Å². The van der Waals surface area contributed by atoms with E-state index in [1.807, 2.05) is 24.3 Å². The van der Waals surface area contributed by atoms with Crippen molar-refractivity contribution in [1.82, 2.24) is 10.2 Å². The SMILES string of the molecule is C#CCN1CCC(Nc2ccc(CC(=O)NC)cc2)CC1. The van der Waals surface area contributed by atoms with E-state index in [1.54, 1.807) is 7.05 Å². The van der Waals surface area contributed by atoms with Gasteiger partial charge in [-0.15, -0.1) is 6.42 Å². The molecule has 1 saturated heterocycles. The first-order chi connectivity index (χ1) is 10.2. The molecule has 21 heavy (non-hydrogen) atoms. The molecule has 0 saturated carbocycles. The number of piperidine rings is 1. The van der Waals surface area contributed by atoms with E-state index in [1.165, 1.54) is 0 Å². The van der Waals surface area contributed by atoms with Gasteiger partial charge in [-0.25, -0.2) is 0 Å². The molecule has 1 aliphatic rings. The van der Waals surface area contributed by atoms with E-state index in [2.05, 4.69) is 21.5 Å². The minimum Gasteiger partial charge on any atom is -0.382 e. The Balaban J connectivity index is 1.81. The second-order valence-corrected chi connectivity index (χ2v) is 5.45. The maximum atomic E-state index is 11.3. The number of anilines is 1. The molecule has 4 heteroatoms. The minimum atomic E-state index is 0.0385. The van der Waals surface area contributed by atoms with Crippen LogP contribution < -0.4 is 10.6 Å². The molecule has 112 valence electrons. The monoisotopic (exact) mass is 285 g/mol. The summed E-state index contributed by atoms with van der Waals surface area (Å²) in [6, 6.07) is 8.61. The molecular weight excluding hydrogens is 262 g/mol. The van der Waals surface area contributed by atoms with Crippen molar-refractivity contribution in [3.63, 3.8) is 0 Å². The van der Waals surface area contributed by atoms with Crippen LogP contribution in [0, 0.1) is 12.3 Å². The van der Waals surface area contributed by atoms with Crippen molar-refractivity contribution in [3.05, 3.63) is 29.8 Å². The Kier molecular flexibility index (Phi) is 5.65. The number of rotatable bonds is 5. The molecule has 1 aromatic carbocycles. The van der Waals surface area contributed by atoms with Gasteiger partial charge in [0.1, 0.15) is 0 Å². The van der Waals surface area contributed by atoms with Gasteiger partial charge < -0.3 is 10.6 Å². The maximum absolute atomic E-state index is 11.3. The summed E-state index contributed by atoms with van der Waals surface area (Å²) in [4.78, 5) is 13.6. The van der Waals surface area contributed by atoms with Gasteiger partial charge >= 0.3 is 0 Å². The Labute approximate surface area is 126 Å². The molecule has 0 atom stereocenters. The lowest BCUT2D eigenvalue weighted by atomic mass is 10.0. The van der Waals surface area contributed by atoms with E-state index in [9.17, 15) is 4.79 Å². The number of carbonyl (C=O) groups excluding carboxylic acids is 1. The molecule has 1 amide bonds. The molecule has 0 radical (unpaired) electrons.